The van der Waals surface area contributed by atoms with Gasteiger partial charge in [-0.2, -0.15) is 0 Å². The van der Waals surface area contributed by atoms with Crippen LogP contribution in [0.5, 0.6) is 0 Å². The molecule has 0 saturated carbocycles. The molecule has 4 nitrogen and oxygen atoms in total. The van der Waals surface area contributed by atoms with E-state index in [9.17, 15) is 4.79 Å². The fourth-order valence-corrected chi connectivity index (χ4v) is 2.72. The molecule has 1 heterocycles. The Morgan fingerprint density at radius 2 is 2.14 bits per heavy atom. The molecule has 0 spiro atoms. The van der Waals surface area contributed by atoms with Crippen molar-refractivity contribution in [2.24, 2.45) is 5.92 Å². The molecule has 2 rings (SSSR count). The van der Waals surface area contributed by atoms with Gasteiger partial charge in [-0.25, -0.2) is 0 Å². The van der Waals surface area contributed by atoms with Crippen molar-refractivity contribution in [1.29, 1.82) is 0 Å². The van der Waals surface area contributed by atoms with Gasteiger partial charge in [0.1, 0.15) is 0 Å². The van der Waals surface area contributed by atoms with Gasteiger partial charge in [0.15, 0.2) is 0 Å². The van der Waals surface area contributed by atoms with Crippen molar-refractivity contribution in [3.63, 3.8) is 0 Å². The number of nitrogens with one attached hydrogen (secondary N) is 2. The lowest BCUT2D eigenvalue weighted by Gasteiger charge is -2.27. The van der Waals surface area contributed by atoms with Crippen LogP contribution in [0.15, 0.2) is 24.3 Å². The number of carbonyl (C=O) groups excluding carboxylic acids is 1. The van der Waals surface area contributed by atoms with Crippen molar-refractivity contribution in [2.45, 2.75) is 45.7 Å². The van der Waals surface area contributed by atoms with Crippen LogP contribution in [0, 0.1) is 5.92 Å². The van der Waals surface area contributed by atoms with Crippen LogP contribution in [0.2, 0.25) is 0 Å². The van der Waals surface area contributed by atoms with Gasteiger partial charge in [0.05, 0.1) is 0 Å². The molecule has 5 heteroatoms. The van der Waals surface area contributed by atoms with Gasteiger partial charge in [0.2, 0.25) is 5.91 Å². The molecule has 0 unspecified atom stereocenters. The summed E-state index contributed by atoms with van der Waals surface area (Å²) >= 11 is 0. The maximum Gasteiger partial charge on any atom is 0.227 e. The summed E-state index contributed by atoms with van der Waals surface area (Å²) < 4.78 is 0. The molecule has 1 amide bonds. The van der Waals surface area contributed by atoms with Crippen LogP contribution in [0.25, 0.3) is 0 Å². The summed E-state index contributed by atoms with van der Waals surface area (Å²) in [5.74, 6) is 0.264. The number of amides is 1. The van der Waals surface area contributed by atoms with Gasteiger partial charge in [0.25, 0.3) is 0 Å². The second-order valence-electron chi connectivity index (χ2n) is 6.32. The molecule has 124 valence electrons. The fourth-order valence-electron chi connectivity index (χ4n) is 2.72. The van der Waals surface area contributed by atoms with E-state index in [1.807, 2.05) is 18.2 Å². The van der Waals surface area contributed by atoms with E-state index in [2.05, 4.69) is 49.4 Å². The molecule has 1 aromatic carbocycles. The number of hydrogen-bond acceptors (Lipinski definition) is 3. The molecule has 0 aromatic heterocycles. The summed E-state index contributed by atoms with van der Waals surface area (Å²) in [6, 6.07) is 8.92. The number of halogens is 1. The van der Waals surface area contributed by atoms with E-state index in [4.69, 9.17) is 0 Å². The molecule has 2 atom stereocenters. The highest BCUT2D eigenvalue weighted by molar-refractivity contribution is 5.93. The predicted molar refractivity (Wildman–Crippen MR) is 96.0 cm³/mol. The molecule has 2 N–H and O–H groups in total. The third-order valence-corrected chi connectivity index (χ3v) is 4.29. The Labute approximate surface area is 140 Å². The first-order chi connectivity index (χ1) is 9.97. The van der Waals surface area contributed by atoms with Gasteiger partial charge < -0.3 is 15.5 Å². The fraction of sp³-hybridized carbons (Fsp3) is 0.588. The van der Waals surface area contributed by atoms with Gasteiger partial charge in [-0.15, -0.1) is 12.4 Å². The zero-order valence-electron chi connectivity index (χ0n) is 13.9. The van der Waals surface area contributed by atoms with Gasteiger partial charge in [-0.1, -0.05) is 6.07 Å². The number of nitrogens with zero attached hydrogens (tertiary/aromatic N) is 1. The van der Waals surface area contributed by atoms with Gasteiger partial charge in [-0.3, -0.25) is 4.79 Å². The molecule has 1 saturated heterocycles. The largest absolute Gasteiger partial charge is 0.372 e. The minimum absolute atomic E-state index is 0. The van der Waals surface area contributed by atoms with Crippen LogP contribution in [0.4, 0.5) is 11.4 Å². The Bertz CT molecular complexity index is 493. The number of anilines is 2. The predicted octanol–water partition coefficient (Wildman–Crippen LogP) is 3.28. The van der Waals surface area contributed by atoms with Crippen molar-refractivity contribution < 1.29 is 4.79 Å². The highest BCUT2D eigenvalue weighted by Gasteiger charge is 2.24. The van der Waals surface area contributed by atoms with Gasteiger partial charge >= 0.3 is 0 Å². The first kappa shape index (κ1) is 18.8. The summed E-state index contributed by atoms with van der Waals surface area (Å²) in [5, 5.41) is 6.45. The summed E-state index contributed by atoms with van der Waals surface area (Å²) in [7, 11) is 2.07. The maximum atomic E-state index is 12.4. The molecule has 1 fully saturated rings. The lowest BCUT2D eigenvalue weighted by Crippen LogP contribution is -2.40. The summed E-state index contributed by atoms with van der Waals surface area (Å²) in [6.07, 6.45) is 1.83. The molecule has 0 radical (unpaired) electrons. The molecule has 1 aliphatic rings. The highest BCUT2D eigenvalue weighted by Crippen LogP contribution is 2.22. The van der Waals surface area contributed by atoms with E-state index in [0.717, 1.165) is 30.8 Å². The quantitative estimate of drug-likeness (QED) is 0.893. The first-order valence-electron chi connectivity index (χ1n) is 7.84. The van der Waals surface area contributed by atoms with Crippen molar-refractivity contribution >= 4 is 29.7 Å². The number of carbonyl (C=O) groups is 1. The zero-order chi connectivity index (χ0) is 15.4. The summed E-state index contributed by atoms with van der Waals surface area (Å²) in [6.45, 7) is 7.37. The minimum atomic E-state index is 0. The van der Waals surface area contributed by atoms with Gasteiger partial charge in [-0.05, 0) is 58.4 Å². The molecule has 0 aliphatic carbocycles. The van der Waals surface area contributed by atoms with E-state index >= 15 is 0 Å². The van der Waals surface area contributed by atoms with E-state index in [1.165, 1.54) is 0 Å². The second kappa shape index (κ2) is 8.39. The average Bonchev–Trinajstić information content (AvgIpc) is 2.46. The van der Waals surface area contributed by atoms with Crippen molar-refractivity contribution in [3.05, 3.63) is 24.3 Å². The third-order valence-electron chi connectivity index (χ3n) is 4.29. The standard InChI is InChI=1S/C17H27N3O.ClH/c1-12(2)20(4)16-7-5-6-15(11-16)19-17(21)14-8-9-18-13(3)10-14;/h5-7,11-14,18H,8-10H2,1-4H3,(H,19,21);1H/t13-,14-;/m0./s1. The molecular weight excluding hydrogens is 298 g/mol. The Morgan fingerprint density at radius 1 is 1.41 bits per heavy atom. The monoisotopic (exact) mass is 325 g/mol. The van der Waals surface area contributed by atoms with E-state index in [-0.39, 0.29) is 24.2 Å². The van der Waals surface area contributed by atoms with Crippen molar-refractivity contribution in [3.8, 4) is 0 Å². The molecule has 0 bridgehead atoms. The average molecular weight is 326 g/mol. The van der Waals surface area contributed by atoms with Crippen molar-refractivity contribution in [2.75, 3.05) is 23.8 Å². The Kier molecular flexibility index (Phi) is 7.17. The first-order valence-corrected chi connectivity index (χ1v) is 7.84. The Balaban J connectivity index is 0.00000242. The topological polar surface area (TPSA) is 44.4 Å². The highest BCUT2D eigenvalue weighted by atomic mass is 35.5. The van der Waals surface area contributed by atoms with Gasteiger partial charge in [0, 0.05) is 36.4 Å². The number of piperidine rings is 1. The number of hydrogen-bond donors (Lipinski definition) is 2. The molecule has 1 aliphatic heterocycles. The van der Waals surface area contributed by atoms with E-state index in [0.29, 0.717) is 12.1 Å². The zero-order valence-corrected chi connectivity index (χ0v) is 14.7. The maximum absolute atomic E-state index is 12.4. The van der Waals surface area contributed by atoms with Crippen LogP contribution in [-0.4, -0.2) is 31.6 Å². The van der Waals surface area contributed by atoms with E-state index < -0.39 is 0 Å². The Hall–Kier alpha value is -1.26. The number of rotatable bonds is 4. The van der Waals surface area contributed by atoms with Crippen molar-refractivity contribution in [1.82, 2.24) is 5.32 Å². The van der Waals surface area contributed by atoms with Crippen LogP contribution < -0.4 is 15.5 Å². The third kappa shape index (κ3) is 4.89. The smallest absolute Gasteiger partial charge is 0.227 e. The van der Waals surface area contributed by atoms with Crippen LogP contribution >= 0.6 is 12.4 Å². The van der Waals surface area contributed by atoms with Crippen LogP contribution in [-0.2, 0) is 4.79 Å². The SMILES string of the molecule is CC(C)N(C)c1cccc(NC(=O)[C@H]2CCN[C@@H](C)C2)c1.Cl. The minimum Gasteiger partial charge on any atom is -0.372 e. The normalized spacial score (nSPS) is 21.1. The molecule has 1 aromatic rings. The van der Waals surface area contributed by atoms with Crippen LogP contribution in [0.1, 0.15) is 33.6 Å². The Morgan fingerprint density at radius 3 is 2.77 bits per heavy atom. The second-order valence-corrected chi connectivity index (χ2v) is 6.32. The lowest BCUT2D eigenvalue weighted by atomic mass is 9.92. The summed E-state index contributed by atoms with van der Waals surface area (Å²) in [4.78, 5) is 14.6. The molecular formula is C17H28ClN3O. The summed E-state index contributed by atoms with van der Waals surface area (Å²) in [5.41, 5.74) is 2.01. The molecule has 22 heavy (non-hydrogen) atoms. The van der Waals surface area contributed by atoms with Crippen LogP contribution in [0.3, 0.4) is 0 Å². The lowest BCUT2D eigenvalue weighted by molar-refractivity contribution is -0.120. The number of benzene rings is 1. The van der Waals surface area contributed by atoms with E-state index in [1.54, 1.807) is 0 Å².